The number of aromatic hydroxyl groups is 1. The van der Waals surface area contributed by atoms with E-state index in [0.717, 1.165) is 5.56 Å². The average Bonchev–Trinajstić information content (AvgIpc) is 2.41. The maximum Gasteiger partial charge on any atom is 0.253 e. The van der Waals surface area contributed by atoms with Gasteiger partial charge >= 0.3 is 0 Å². The molecule has 0 saturated heterocycles. The Morgan fingerprint density at radius 2 is 2.16 bits per heavy atom. The van der Waals surface area contributed by atoms with E-state index in [0.29, 0.717) is 25.1 Å². The first-order chi connectivity index (χ1) is 8.99. The van der Waals surface area contributed by atoms with Gasteiger partial charge in [0.1, 0.15) is 11.6 Å². The van der Waals surface area contributed by atoms with E-state index in [1.165, 1.54) is 6.07 Å². The van der Waals surface area contributed by atoms with Gasteiger partial charge in [0.15, 0.2) is 0 Å². The van der Waals surface area contributed by atoms with Gasteiger partial charge in [-0.15, -0.1) is 0 Å². The van der Waals surface area contributed by atoms with Crippen molar-refractivity contribution in [1.82, 2.24) is 4.90 Å². The summed E-state index contributed by atoms with van der Waals surface area (Å²) in [6, 6.07) is 4.81. The smallest absolute Gasteiger partial charge is 0.253 e. The molecule has 0 spiro atoms. The molecule has 0 atom stereocenters. The minimum absolute atomic E-state index is 0.0815. The van der Waals surface area contributed by atoms with Crippen molar-refractivity contribution in [2.75, 3.05) is 13.1 Å². The van der Waals surface area contributed by atoms with Crippen LogP contribution in [0.25, 0.3) is 0 Å². The van der Waals surface area contributed by atoms with Crippen LogP contribution in [0, 0.1) is 6.92 Å². The number of nitrogens with two attached hydrogens (primary N) is 1. The van der Waals surface area contributed by atoms with Crippen LogP contribution >= 0.6 is 0 Å². The zero-order valence-electron chi connectivity index (χ0n) is 11.1. The average molecular weight is 265 g/mol. The third-order valence-corrected chi connectivity index (χ3v) is 2.89. The molecule has 0 aliphatic carbocycles. The first-order valence-corrected chi connectivity index (χ1v) is 6.04. The van der Waals surface area contributed by atoms with Crippen LogP contribution in [0.3, 0.4) is 0 Å². The first kappa shape index (κ1) is 14.8. The number of carbonyl (C=O) groups excluding carboxylic acids is 1. The molecule has 104 valence electrons. The molecule has 0 aromatic heterocycles. The van der Waals surface area contributed by atoms with Gasteiger partial charge in [-0.25, -0.2) is 0 Å². The van der Waals surface area contributed by atoms with E-state index in [-0.39, 0.29) is 17.5 Å². The number of nitrogens with zero attached hydrogens (tertiary/aromatic N) is 2. The predicted octanol–water partition coefficient (Wildman–Crippen LogP) is 1.30. The lowest BCUT2D eigenvalue weighted by Crippen LogP contribution is -2.33. The second kappa shape index (κ2) is 6.63. The molecule has 0 aliphatic heterocycles. The Labute approximate surface area is 112 Å². The molecular weight excluding hydrogens is 246 g/mol. The lowest BCUT2D eigenvalue weighted by Gasteiger charge is -2.20. The van der Waals surface area contributed by atoms with E-state index in [4.69, 9.17) is 10.9 Å². The van der Waals surface area contributed by atoms with Crippen LogP contribution in [0.2, 0.25) is 0 Å². The van der Waals surface area contributed by atoms with Gasteiger partial charge in [0.2, 0.25) is 0 Å². The third-order valence-electron chi connectivity index (χ3n) is 2.89. The van der Waals surface area contributed by atoms with Crippen molar-refractivity contribution in [3.63, 3.8) is 0 Å². The highest BCUT2D eigenvalue weighted by Crippen LogP contribution is 2.18. The number of oxime groups is 1. The highest BCUT2D eigenvalue weighted by atomic mass is 16.4. The van der Waals surface area contributed by atoms with Gasteiger partial charge in [-0.3, -0.25) is 4.79 Å². The number of hydrogen-bond donors (Lipinski definition) is 3. The summed E-state index contributed by atoms with van der Waals surface area (Å²) >= 11 is 0. The zero-order valence-corrected chi connectivity index (χ0v) is 11.1. The SMILES string of the molecule is CCN(CCC(N)=NO)C(=O)c1ccc(C)c(O)c1. The Balaban J connectivity index is 2.80. The second-order valence-corrected chi connectivity index (χ2v) is 4.23. The largest absolute Gasteiger partial charge is 0.508 e. The molecule has 19 heavy (non-hydrogen) atoms. The molecule has 0 aliphatic rings. The third kappa shape index (κ3) is 3.87. The monoisotopic (exact) mass is 265 g/mol. The van der Waals surface area contributed by atoms with Gasteiger partial charge in [0.05, 0.1) is 0 Å². The molecule has 6 nitrogen and oxygen atoms in total. The van der Waals surface area contributed by atoms with Crippen molar-refractivity contribution >= 4 is 11.7 Å². The lowest BCUT2D eigenvalue weighted by atomic mass is 10.1. The number of aryl methyl sites for hydroxylation is 1. The van der Waals surface area contributed by atoms with Crippen LogP contribution in [0.1, 0.15) is 29.3 Å². The molecule has 0 bridgehead atoms. The zero-order chi connectivity index (χ0) is 14.4. The quantitative estimate of drug-likeness (QED) is 0.323. The minimum atomic E-state index is -0.191. The summed E-state index contributed by atoms with van der Waals surface area (Å²) in [7, 11) is 0. The topological polar surface area (TPSA) is 99.1 Å². The van der Waals surface area contributed by atoms with E-state index in [9.17, 15) is 9.90 Å². The fraction of sp³-hybridized carbons (Fsp3) is 0.385. The molecule has 1 amide bonds. The van der Waals surface area contributed by atoms with Crippen LogP contribution < -0.4 is 5.73 Å². The van der Waals surface area contributed by atoms with Crippen molar-refractivity contribution in [2.24, 2.45) is 10.9 Å². The van der Waals surface area contributed by atoms with Crippen molar-refractivity contribution in [3.05, 3.63) is 29.3 Å². The van der Waals surface area contributed by atoms with Crippen LogP contribution in [0.5, 0.6) is 5.75 Å². The number of carbonyl (C=O) groups is 1. The molecule has 1 rings (SSSR count). The molecule has 1 aromatic carbocycles. The molecule has 0 heterocycles. The highest BCUT2D eigenvalue weighted by molar-refractivity contribution is 5.95. The predicted molar refractivity (Wildman–Crippen MR) is 72.4 cm³/mol. The molecule has 0 unspecified atom stereocenters. The van der Waals surface area contributed by atoms with Crippen LogP contribution in [-0.2, 0) is 0 Å². The minimum Gasteiger partial charge on any atom is -0.508 e. The van der Waals surface area contributed by atoms with Crippen molar-refractivity contribution < 1.29 is 15.1 Å². The maximum atomic E-state index is 12.2. The number of hydrogen-bond acceptors (Lipinski definition) is 4. The fourth-order valence-electron chi connectivity index (χ4n) is 1.63. The Bertz CT molecular complexity index is 486. The highest BCUT2D eigenvalue weighted by Gasteiger charge is 2.15. The van der Waals surface area contributed by atoms with Gasteiger partial charge in [0, 0.05) is 25.1 Å². The van der Waals surface area contributed by atoms with Crippen molar-refractivity contribution in [2.45, 2.75) is 20.3 Å². The normalized spacial score (nSPS) is 11.4. The Kier molecular flexibility index (Phi) is 5.17. The van der Waals surface area contributed by atoms with Gasteiger partial charge < -0.3 is 20.9 Å². The van der Waals surface area contributed by atoms with E-state index in [2.05, 4.69) is 5.16 Å². The number of amides is 1. The first-order valence-electron chi connectivity index (χ1n) is 6.04. The van der Waals surface area contributed by atoms with Gasteiger partial charge in [-0.2, -0.15) is 0 Å². The van der Waals surface area contributed by atoms with Crippen LogP contribution in [0.4, 0.5) is 0 Å². The number of amidine groups is 1. The summed E-state index contributed by atoms with van der Waals surface area (Å²) in [5.41, 5.74) is 6.52. The summed E-state index contributed by atoms with van der Waals surface area (Å²) in [4.78, 5) is 13.8. The van der Waals surface area contributed by atoms with E-state index >= 15 is 0 Å². The van der Waals surface area contributed by atoms with Crippen molar-refractivity contribution in [1.29, 1.82) is 0 Å². The Morgan fingerprint density at radius 1 is 1.47 bits per heavy atom. The standard InChI is InChI=1S/C13H19N3O3/c1-3-16(7-6-12(14)15-19)13(18)10-5-4-9(2)11(17)8-10/h4-5,8,17,19H,3,6-7H2,1-2H3,(H2,14,15). The molecule has 0 radical (unpaired) electrons. The van der Waals surface area contributed by atoms with Gasteiger partial charge in [-0.1, -0.05) is 11.2 Å². The Hall–Kier alpha value is -2.24. The number of benzene rings is 1. The number of phenolic OH excluding ortho intramolecular Hbond substituents is 1. The summed E-state index contributed by atoms with van der Waals surface area (Å²) < 4.78 is 0. The number of phenols is 1. The summed E-state index contributed by atoms with van der Waals surface area (Å²) in [6.45, 7) is 4.48. The summed E-state index contributed by atoms with van der Waals surface area (Å²) in [6.07, 6.45) is 0.300. The van der Waals surface area contributed by atoms with Crippen LogP contribution in [0.15, 0.2) is 23.4 Å². The van der Waals surface area contributed by atoms with E-state index in [1.54, 1.807) is 24.0 Å². The molecule has 0 saturated carbocycles. The lowest BCUT2D eigenvalue weighted by molar-refractivity contribution is 0.0768. The molecular formula is C13H19N3O3. The molecule has 4 N–H and O–H groups in total. The van der Waals surface area contributed by atoms with E-state index < -0.39 is 0 Å². The van der Waals surface area contributed by atoms with Gasteiger partial charge in [0.25, 0.3) is 5.91 Å². The fourth-order valence-corrected chi connectivity index (χ4v) is 1.63. The van der Waals surface area contributed by atoms with E-state index in [1.807, 2.05) is 6.92 Å². The maximum absolute atomic E-state index is 12.2. The second-order valence-electron chi connectivity index (χ2n) is 4.23. The molecule has 0 fully saturated rings. The van der Waals surface area contributed by atoms with Crippen molar-refractivity contribution in [3.8, 4) is 5.75 Å². The molecule has 1 aromatic rings. The Morgan fingerprint density at radius 3 is 2.68 bits per heavy atom. The summed E-state index contributed by atoms with van der Waals surface area (Å²) in [5.74, 6) is -0.0140. The summed E-state index contributed by atoms with van der Waals surface area (Å²) in [5, 5.41) is 21.0. The molecule has 6 heteroatoms. The number of rotatable bonds is 5. The van der Waals surface area contributed by atoms with Gasteiger partial charge in [-0.05, 0) is 31.5 Å². The van der Waals surface area contributed by atoms with Crippen LogP contribution in [-0.4, -0.2) is 40.0 Å².